The molecule has 0 bridgehead atoms. The molecule has 1 aliphatic carbocycles. The minimum absolute atomic E-state index is 0.0396. The Kier molecular flexibility index (Phi) is 4.51. The zero-order valence-electron chi connectivity index (χ0n) is 9.34. The summed E-state index contributed by atoms with van der Waals surface area (Å²) in [6.07, 6.45) is 6.36. The summed E-state index contributed by atoms with van der Waals surface area (Å²) in [6, 6.07) is 0. The molecule has 1 rings (SSSR count). The number of hydrogen-bond donors (Lipinski definition) is 2. The molecule has 0 aromatic rings. The van der Waals surface area contributed by atoms with Crippen molar-refractivity contribution in [2.24, 2.45) is 11.1 Å². The fourth-order valence-electron chi connectivity index (χ4n) is 2.29. The van der Waals surface area contributed by atoms with Gasteiger partial charge in [0.2, 0.25) is 5.91 Å². The SMILES string of the molecule is CCC1(CNC(=O)CC(N)=S)CCCC1. The van der Waals surface area contributed by atoms with Crippen LogP contribution < -0.4 is 11.1 Å². The van der Waals surface area contributed by atoms with Crippen molar-refractivity contribution in [2.45, 2.75) is 45.4 Å². The van der Waals surface area contributed by atoms with Gasteiger partial charge >= 0.3 is 0 Å². The third kappa shape index (κ3) is 3.78. The number of carbonyl (C=O) groups is 1. The molecule has 86 valence electrons. The molecule has 0 saturated heterocycles. The Morgan fingerprint density at radius 1 is 1.47 bits per heavy atom. The first-order chi connectivity index (χ1) is 7.08. The zero-order chi connectivity index (χ0) is 11.3. The number of thiocarbonyl (C=S) groups is 1. The van der Waals surface area contributed by atoms with Crippen molar-refractivity contribution in [3.63, 3.8) is 0 Å². The van der Waals surface area contributed by atoms with E-state index in [1.165, 1.54) is 25.7 Å². The van der Waals surface area contributed by atoms with Crippen LogP contribution in [-0.2, 0) is 4.79 Å². The standard InChI is InChI=1S/C11H20N2OS/c1-2-11(5-3-4-6-11)8-13-10(14)7-9(12)15/h2-8H2,1H3,(H2,12,15)(H,13,14). The zero-order valence-corrected chi connectivity index (χ0v) is 10.2. The van der Waals surface area contributed by atoms with Crippen LogP contribution in [0, 0.1) is 5.41 Å². The Bertz CT molecular complexity index is 247. The normalized spacial score (nSPS) is 18.7. The van der Waals surface area contributed by atoms with Crippen molar-refractivity contribution >= 4 is 23.1 Å². The number of hydrogen-bond acceptors (Lipinski definition) is 2. The number of nitrogens with two attached hydrogens (primary N) is 1. The largest absolute Gasteiger partial charge is 0.393 e. The van der Waals surface area contributed by atoms with E-state index in [1.54, 1.807) is 0 Å². The molecule has 0 aromatic heterocycles. The summed E-state index contributed by atoms with van der Waals surface area (Å²) in [5.41, 5.74) is 5.65. The first-order valence-electron chi connectivity index (χ1n) is 5.63. The molecule has 1 amide bonds. The Hall–Kier alpha value is -0.640. The molecule has 1 fully saturated rings. The van der Waals surface area contributed by atoms with Gasteiger partial charge in [-0.2, -0.15) is 0 Å². The van der Waals surface area contributed by atoms with Crippen LogP contribution in [0.5, 0.6) is 0 Å². The summed E-state index contributed by atoms with van der Waals surface area (Å²) < 4.78 is 0. The number of rotatable bonds is 5. The van der Waals surface area contributed by atoms with Gasteiger partial charge in [0.15, 0.2) is 0 Å². The molecular weight excluding hydrogens is 208 g/mol. The van der Waals surface area contributed by atoms with E-state index in [-0.39, 0.29) is 17.3 Å². The number of nitrogens with one attached hydrogen (secondary N) is 1. The highest BCUT2D eigenvalue weighted by Crippen LogP contribution is 2.40. The quantitative estimate of drug-likeness (QED) is 0.705. The van der Waals surface area contributed by atoms with E-state index < -0.39 is 0 Å². The van der Waals surface area contributed by atoms with E-state index in [9.17, 15) is 4.79 Å². The Morgan fingerprint density at radius 2 is 2.07 bits per heavy atom. The van der Waals surface area contributed by atoms with Gasteiger partial charge in [0.05, 0.1) is 11.4 Å². The van der Waals surface area contributed by atoms with Crippen LogP contribution in [0.15, 0.2) is 0 Å². The molecular formula is C11H20N2OS. The molecule has 3 nitrogen and oxygen atoms in total. The Labute approximate surface area is 96.8 Å². The second-order valence-electron chi connectivity index (χ2n) is 4.48. The fourth-order valence-corrected chi connectivity index (χ4v) is 2.42. The third-order valence-electron chi connectivity index (χ3n) is 3.41. The van der Waals surface area contributed by atoms with Gasteiger partial charge in [-0.3, -0.25) is 4.79 Å². The summed E-state index contributed by atoms with van der Waals surface area (Å²) in [5.74, 6) is -0.0396. The lowest BCUT2D eigenvalue weighted by molar-refractivity contribution is -0.120. The van der Waals surface area contributed by atoms with Gasteiger partial charge < -0.3 is 11.1 Å². The van der Waals surface area contributed by atoms with Crippen LogP contribution in [0.1, 0.15) is 45.4 Å². The predicted octanol–water partition coefficient (Wildman–Crippen LogP) is 1.75. The average Bonchev–Trinajstić information content (AvgIpc) is 2.63. The van der Waals surface area contributed by atoms with E-state index >= 15 is 0 Å². The molecule has 15 heavy (non-hydrogen) atoms. The predicted molar refractivity (Wildman–Crippen MR) is 65.6 cm³/mol. The smallest absolute Gasteiger partial charge is 0.226 e. The first-order valence-corrected chi connectivity index (χ1v) is 6.04. The van der Waals surface area contributed by atoms with E-state index in [2.05, 4.69) is 12.2 Å². The summed E-state index contributed by atoms with van der Waals surface area (Å²) in [4.78, 5) is 11.7. The van der Waals surface area contributed by atoms with Crippen molar-refractivity contribution < 1.29 is 4.79 Å². The van der Waals surface area contributed by atoms with Crippen LogP contribution in [0.4, 0.5) is 0 Å². The van der Waals surface area contributed by atoms with Gasteiger partial charge in [0.1, 0.15) is 0 Å². The van der Waals surface area contributed by atoms with Crippen LogP contribution in [0.2, 0.25) is 0 Å². The maximum atomic E-state index is 11.4. The van der Waals surface area contributed by atoms with Crippen molar-refractivity contribution in [1.29, 1.82) is 0 Å². The van der Waals surface area contributed by atoms with Gasteiger partial charge in [-0.05, 0) is 24.7 Å². The van der Waals surface area contributed by atoms with E-state index in [0.717, 1.165) is 13.0 Å². The highest BCUT2D eigenvalue weighted by molar-refractivity contribution is 7.80. The second-order valence-corrected chi connectivity index (χ2v) is 5.00. The number of carbonyl (C=O) groups excluding carboxylic acids is 1. The highest BCUT2D eigenvalue weighted by atomic mass is 32.1. The molecule has 0 heterocycles. The van der Waals surface area contributed by atoms with Gasteiger partial charge in [0, 0.05) is 6.54 Å². The molecule has 3 N–H and O–H groups in total. The lowest BCUT2D eigenvalue weighted by Crippen LogP contribution is -2.37. The summed E-state index contributed by atoms with van der Waals surface area (Å²) >= 11 is 4.69. The van der Waals surface area contributed by atoms with Gasteiger partial charge in [-0.25, -0.2) is 0 Å². The topological polar surface area (TPSA) is 55.1 Å². The summed E-state index contributed by atoms with van der Waals surface area (Å²) in [6.45, 7) is 2.98. The van der Waals surface area contributed by atoms with E-state index in [0.29, 0.717) is 5.41 Å². The van der Waals surface area contributed by atoms with Crippen molar-refractivity contribution in [1.82, 2.24) is 5.32 Å². The molecule has 0 atom stereocenters. The van der Waals surface area contributed by atoms with Gasteiger partial charge in [0.25, 0.3) is 0 Å². The molecule has 0 spiro atoms. The molecule has 0 aliphatic heterocycles. The van der Waals surface area contributed by atoms with Crippen LogP contribution in [0.3, 0.4) is 0 Å². The van der Waals surface area contributed by atoms with Gasteiger partial charge in [-0.1, -0.05) is 32.0 Å². The molecule has 0 aromatic carbocycles. The maximum Gasteiger partial charge on any atom is 0.226 e. The van der Waals surface area contributed by atoms with Crippen molar-refractivity contribution in [2.75, 3.05) is 6.54 Å². The molecule has 4 heteroatoms. The second kappa shape index (κ2) is 5.45. The minimum atomic E-state index is -0.0396. The Morgan fingerprint density at radius 3 is 2.53 bits per heavy atom. The lowest BCUT2D eigenvalue weighted by atomic mass is 9.83. The fraction of sp³-hybridized carbons (Fsp3) is 0.818. The van der Waals surface area contributed by atoms with E-state index in [1.807, 2.05) is 0 Å². The first kappa shape index (κ1) is 12.4. The minimum Gasteiger partial charge on any atom is -0.393 e. The molecule has 1 aliphatic rings. The molecule has 1 saturated carbocycles. The van der Waals surface area contributed by atoms with Gasteiger partial charge in [-0.15, -0.1) is 0 Å². The highest BCUT2D eigenvalue weighted by Gasteiger charge is 2.32. The number of amides is 1. The molecule has 0 radical (unpaired) electrons. The average molecular weight is 228 g/mol. The van der Waals surface area contributed by atoms with E-state index in [4.69, 9.17) is 18.0 Å². The molecule has 0 unspecified atom stereocenters. The van der Waals surface area contributed by atoms with Crippen LogP contribution in [0.25, 0.3) is 0 Å². The summed E-state index contributed by atoms with van der Waals surface area (Å²) in [5, 5.41) is 2.94. The summed E-state index contributed by atoms with van der Waals surface area (Å²) in [7, 11) is 0. The van der Waals surface area contributed by atoms with Crippen molar-refractivity contribution in [3.05, 3.63) is 0 Å². The monoisotopic (exact) mass is 228 g/mol. The van der Waals surface area contributed by atoms with Crippen LogP contribution >= 0.6 is 12.2 Å². The lowest BCUT2D eigenvalue weighted by Gasteiger charge is -2.27. The Balaban J connectivity index is 2.34. The third-order valence-corrected chi connectivity index (χ3v) is 3.55. The van der Waals surface area contributed by atoms with Crippen molar-refractivity contribution in [3.8, 4) is 0 Å². The van der Waals surface area contributed by atoms with Crippen LogP contribution in [-0.4, -0.2) is 17.4 Å². The maximum absolute atomic E-state index is 11.4.